The Hall–Kier alpha value is -3.21. The molecule has 1 aliphatic rings. The molecule has 0 unspecified atom stereocenters. The Bertz CT molecular complexity index is 1240. The molecule has 0 fully saturated rings. The SMILES string of the molecule is CC(=O)Oc1ccc(C(=O)/C=C2\c3cccc(Cl)c3C(=O)c3cccc(Cl)c32)cc1. The van der Waals surface area contributed by atoms with E-state index < -0.39 is 5.97 Å². The monoisotopic (exact) mass is 436 g/mol. The minimum absolute atomic E-state index is 0.233. The van der Waals surface area contributed by atoms with Crippen LogP contribution in [0.4, 0.5) is 0 Å². The van der Waals surface area contributed by atoms with Gasteiger partial charge in [0.2, 0.25) is 0 Å². The molecule has 3 aromatic carbocycles. The van der Waals surface area contributed by atoms with E-state index in [1.165, 1.54) is 13.0 Å². The number of hydrogen-bond donors (Lipinski definition) is 0. The number of esters is 1. The molecule has 0 heterocycles. The number of hydrogen-bond acceptors (Lipinski definition) is 4. The Labute approximate surface area is 182 Å². The lowest BCUT2D eigenvalue weighted by Gasteiger charge is -2.23. The fourth-order valence-electron chi connectivity index (χ4n) is 3.45. The molecule has 0 amide bonds. The van der Waals surface area contributed by atoms with Crippen molar-refractivity contribution < 1.29 is 19.1 Å². The third-order valence-electron chi connectivity index (χ3n) is 4.73. The summed E-state index contributed by atoms with van der Waals surface area (Å²) < 4.78 is 5.00. The average molecular weight is 437 g/mol. The summed E-state index contributed by atoms with van der Waals surface area (Å²) >= 11 is 12.7. The first-order valence-corrected chi connectivity index (χ1v) is 9.79. The van der Waals surface area contributed by atoms with E-state index in [2.05, 4.69) is 0 Å². The second kappa shape index (κ2) is 7.90. The van der Waals surface area contributed by atoms with Crippen molar-refractivity contribution >= 4 is 46.3 Å². The van der Waals surface area contributed by atoms with E-state index in [0.29, 0.717) is 49.2 Å². The van der Waals surface area contributed by atoms with Crippen LogP contribution < -0.4 is 4.74 Å². The Morgan fingerprint density at radius 2 is 1.43 bits per heavy atom. The molecule has 0 spiro atoms. The van der Waals surface area contributed by atoms with Gasteiger partial charge in [-0.3, -0.25) is 14.4 Å². The molecular formula is C24H14Cl2O4. The topological polar surface area (TPSA) is 60.4 Å². The van der Waals surface area contributed by atoms with E-state index in [1.807, 2.05) is 0 Å². The summed E-state index contributed by atoms with van der Waals surface area (Å²) in [5.74, 6) is -0.614. The van der Waals surface area contributed by atoms with Crippen molar-refractivity contribution in [2.24, 2.45) is 0 Å². The number of halogens is 2. The number of ether oxygens (including phenoxy) is 1. The number of benzene rings is 3. The third kappa shape index (κ3) is 3.56. The molecule has 4 nitrogen and oxygen atoms in total. The van der Waals surface area contributed by atoms with Gasteiger partial charge >= 0.3 is 5.97 Å². The summed E-state index contributed by atoms with van der Waals surface area (Å²) in [5, 5.41) is 0.683. The predicted molar refractivity (Wildman–Crippen MR) is 115 cm³/mol. The van der Waals surface area contributed by atoms with Crippen molar-refractivity contribution in [3.8, 4) is 5.75 Å². The van der Waals surface area contributed by atoms with Gasteiger partial charge in [-0.05, 0) is 53.6 Å². The zero-order valence-corrected chi connectivity index (χ0v) is 17.3. The second-order valence-corrected chi connectivity index (χ2v) is 7.51. The first-order chi connectivity index (χ1) is 14.4. The summed E-state index contributed by atoms with van der Waals surface area (Å²) in [6.45, 7) is 1.30. The van der Waals surface area contributed by atoms with Crippen LogP contribution in [0.2, 0.25) is 10.0 Å². The molecule has 3 aromatic rings. The molecule has 0 N–H and O–H groups in total. The van der Waals surface area contributed by atoms with E-state index in [1.54, 1.807) is 60.7 Å². The summed E-state index contributed by atoms with van der Waals surface area (Å²) in [6, 6.07) is 16.4. The molecule has 0 atom stereocenters. The molecule has 0 bridgehead atoms. The van der Waals surface area contributed by atoms with Crippen molar-refractivity contribution in [2.75, 3.05) is 0 Å². The van der Waals surface area contributed by atoms with Crippen molar-refractivity contribution in [3.05, 3.63) is 105 Å². The number of ketones is 2. The molecule has 0 radical (unpaired) electrons. The molecular weight excluding hydrogens is 423 g/mol. The van der Waals surface area contributed by atoms with Crippen molar-refractivity contribution in [1.82, 2.24) is 0 Å². The highest BCUT2D eigenvalue weighted by atomic mass is 35.5. The third-order valence-corrected chi connectivity index (χ3v) is 5.36. The van der Waals surface area contributed by atoms with Gasteiger partial charge in [0.25, 0.3) is 0 Å². The van der Waals surface area contributed by atoms with E-state index in [0.717, 1.165) is 0 Å². The van der Waals surface area contributed by atoms with Crippen molar-refractivity contribution in [1.29, 1.82) is 0 Å². The quantitative estimate of drug-likeness (QED) is 0.177. The molecule has 4 rings (SSSR count). The smallest absolute Gasteiger partial charge is 0.308 e. The van der Waals surface area contributed by atoms with Gasteiger partial charge in [0.15, 0.2) is 11.6 Å². The summed E-state index contributed by atoms with van der Waals surface area (Å²) in [5.41, 5.74) is 2.72. The van der Waals surface area contributed by atoms with Gasteiger partial charge in [0, 0.05) is 34.2 Å². The molecule has 1 aliphatic carbocycles. The fourth-order valence-corrected chi connectivity index (χ4v) is 3.99. The number of carbonyl (C=O) groups is 3. The maximum atomic E-state index is 13.0. The lowest BCUT2D eigenvalue weighted by atomic mass is 9.80. The highest BCUT2D eigenvalue weighted by molar-refractivity contribution is 6.39. The van der Waals surface area contributed by atoms with Crippen LogP contribution in [0, 0.1) is 0 Å². The van der Waals surface area contributed by atoms with Crippen LogP contribution >= 0.6 is 23.2 Å². The maximum absolute atomic E-state index is 13.0. The fraction of sp³-hybridized carbons (Fsp3) is 0.0417. The Morgan fingerprint density at radius 3 is 2.07 bits per heavy atom. The normalized spacial score (nSPS) is 13.6. The summed E-state index contributed by atoms with van der Waals surface area (Å²) in [7, 11) is 0. The number of allylic oxidation sites excluding steroid dienone is 1. The predicted octanol–water partition coefficient (Wildman–Crippen LogP) is 5.78. The van der Waals surface area contributed by atoms with Gasteiger partial charge in [-0.2, -0.15) is 0 Å². The first kappa shape index (κ1) is 20.1. The lowest BCUT2D eigenvalue weighted by molar-refractivity contribution is -0.131. The first-order valence-electron chi connectivity index (χ1n) is 9.04. The average Bonchev–Trinajstić information content (AvgIpc) is 2.71. The molecule has 0 aliphatic heterocycles. The number of rotatable bonds is 3. The lowest BCUT2D eigenvalue weighted by Crippen LogP contribution is -2.16. The van der Waals surface area contributed by atoms with Crippen molar-refractivity contribution in [2.45, 2.75) is 6.92 Å². The van der Waals surface area contributed by atoms with Crippen LogP contribution in [0.1, 0.15) is 44.3 Å². The van der Waals surface area contributed by atoms with Crippen molar-refractivity contribution in [3.63, 3.8) is 0 Å². The van der Waals surface area contributed by atoms with Gasteiger partial charge in [-0.25, -0.2) is 0 Å². The van der Waals surface area contributed by atoms with Gasteiger partial charge in [0.05, 0.1) is 5.02 Å². The van der Waals surface area contributed by atoms with Gasteiger partial charge in [-0.15, -0.1) is 0 Å². The second-order valence-electron chi connectivity index (χ2n) is 6.69. The van der Waals surface area contributed by atoms with Crippen LogP contribution in [0.5, 0.6) is 5.75 Å². The molecule has 6 heteroatoms. The van der Waals surface area contributed by atoms with E-state index in [-0.39, 0.29) is 11.6 Å². The Balaban J connectivity index is 1.84. The van der Waals surface area contributed by atoms with Gasteiger partial charge in [-0.1, -0.05) is 47.5 Å². The minimum Gasteiger partial charge on any atom is -0.427 e. The number of fused-ring (bicyclic) bond motifs is 2. The van der Waals surface area contributed by atoms with Gasteiger partial charge < -0.3 is 4.74 Å². The number of carbonyl (C=O) groups excluding carboxylic acids is 3. The molecule has 0 saturated carbocycles. The highest BCUT2D eigenvalue weighted by Gasteiger charge is 2.30. The Morgan fingerprint density at radius 1 is 0.833 bits per heavy atom. The van der Waals surface area contributed by atoms with Crippen LogP contribution in [-0.2, 0) is 4.79 Å². The zero-order valence-electron chi connectivity index (χ0n) is 15.7. The van der Waals surface area contributed by atoms with Crippen LogP contribution in [0.25, 0.3) is 5.57 Å². The summed E-state index contributed by atoms with van der Waals surface area (Å²) in [6.07, 6.45) is 1.45. The maximum Gasteiger partial charge on any atom is 0.308 e. The largest absolute Gasteiger partial charge is 0.427 e. The standard InChI is InChI=1S/C24H14Cl2O4/c1-13(27)30-15-10-8-14(9-11-15)21(28)12-18-16-4-2-7-20(26)23(16)24(29)17-5-3-6-19(25)22(17)18/h2-12H,1H3/b18-12+. The van der Waals surface area contributed by atoms with E-state index >= 15 is 0 Å². The summed E-state index contributed by atoms with van der Waals surface area (Å²) in [4.78, 5) is 37.1. The highest BCUT2D eigenvalue weighted by Crippen LogP contribution is 2.42. The zero-order chi connectivity index (χ0) is 21.4. The molecule has 30 heavy (non-hydrogen) atoms. The van der Waals surface area contributed by atoms with Gasteiger partial charge in [0.1, 0.15) is 5.75 Å². The Kier molecular flexibility index (Phi) is 5.29. The minimum atomic E-state index is -0.442. The molecule has 0 aromatic heterocycles. The molecule has 0 saturated heterocycles. The van der Waals surface area contributed by atoms with E-state index in [4.69, 9.17) is 27.9 Å². The van der Waals surface area contributed by atoms with Crippen LogP contribution in [0.3, 0.4) is 0 Å². The van der Waals surface area contributed by atoms with Crippen LogP contribution in [-0.4, -0.2) is 17.5 Å². The van der Waals surface area contributed by atoms with Crippen LogP contribution in [0.15, 0.2) is 66.7 Å². The van der Waals surface area contributed by atoms with E-state index in [9.17, 15) is 14.4 Å². The molecule has 148 valence electrons.